The van der Waals surface area contributed by atoms with Crippen molar-refractivity contribution in [3.05, 3.63) is 75.5 Å². The number of carbonyl (C=O) groups is 3. The molecule has 2 amide bonds. The van der Waals surface area contributed by atoms with Gasteiger partial charge in [0.1, 0.15) is 16.3 Å². The van der Waals surface area contributed by atoms with Crippen molar-refractivity contribution in [3.63, 3.8) is 0 Å². The molecule has 1 aromatic carbocycles. The molecule has 18 heteroatoms. The number of hydrogen-bond acceptors (Lipinski definition) is 8. The van der Waals surface area contributed by atoms with Crippen molar-refractivity contribution in [2.45, 2.75) is 95.1 Å². The zero-order valence-corrected chi connectivity index (χ0v) is 32.1. The van der Waals surface area contributed by atoms with Crippen LogP contribution >= 0.6 is 11.3 Å². The van der Waals surface area contributed by atoms with Gasteiger partial charge in [0.15, 0.2) is 11.6 Å². The molecule has 1 N–H and O–H groups in total. The molecule has 4 heterocycles. The van der Waals surface area contributed by atoms with Crippen molar-refractivity contribution >= 4 is 29.1 Å². The van der Waals surface area contributed by atoms with Crippen LogP contribution in [0.5, 0.6) is 11.5 Å². The lowest BCUT2D eigenvalue weighted by Gasteiger charge is -2.51. The van der Waals surface area contributed by atoms with Crippen molar-refractivity contribution in [2.75, 3.05) is 26.2 Å². The van der Waals surface area contributed by atoms with Crippen LogP contribution in [-0.2, 0) is 27.4 Å². The molecule has 0 aliphatic carbocycles. The third-order valence-electron chi connectivity index (χ3n) is 10.7. The second-order valence-corrected chi connectivity index (χ2v) is 15.7. The van der Waals surface area contributed by atoms with E-state index in [2.05, 4.69) is 11.1 Å². The van der Waals surface area contributed by atoms with E-state index in [-0.39, 0.29) is 81.8 Å². The Bertz CT molecular complexity index is 2000. The first-order valence-electron chi connectivity index (χ1n) is 18.2. The maximum atomic E-state index is 15.3. The van der Waals surface area contributed by atoms with Gasteiger partial charge in [-0.25, -0.2) is 4.39 Å². The fourth-order valence-corrected chi connectivity index (χ4v) is 8.10. The van der Waals surface area contributed by atoms with E-state index in [0.29, 0.717) is 23.8 Å². The highest BCUT2D eigenvalue weighted by atomic mass is 32.1. The summed E-state index contributed by atoms with van der Waals surface area (Å²) in [5.41, 5.74) is -6.67. The summed E-state index contributed by atoms with van der Waals surface area (Å²) in [7, 11) is 0. The number of carboxylic acids is 1. The van der Waals surface area contributed by atoms with Gasteiger partial charge >= 0.3 is 18.3 Å². The Morgan fingerprint density at radius 3 is 2.33 bits per heavy atom. The number of likely N-dealkylation sites (tertiary alicyclic amines) is 2. The zero-order chi connectivity index (χ0) is 42.0. The fourth-order valence-electron chi connectivity index (χ4n) is 7.42. The van der Waals surface area contributed by atoms with E-state index >= 15 is 4.39 Å². The van der Waals surface area contributed by atoms with Crippen molar-refractivity contribution < 1.29 is 59.7 Å². The minimum Gasteiger partial charge on any atom is -0.490 e. The Morgan fingerprint density at radius 2 is 1.74 bits per heavy atom. The van der Waals surface area contributed by atoms with E-state index in [1.165, 1.54) is 30.9 Å². The highest BCUT2D eigenvalue weighted by molar-refractivity contribution is 7.10. The maximum Gasteiger partial charge on any atom is 0.425 e. The number of alkyl halides is 6. The van der Waals surface area contributed by atoms with Gasteiger partial charge in [-0.1, -0.05) is 25.5 Å². The van der Waals surface area contributed by atoms with E-state index in [1.54, 1.807) is 6.92 Å². The number of nitriles is 1. The lowest BCUT2D eigenvalue weighted by molar-refractivity contribution is -0.160. The summed E-state index contributed by atoms with van der Waals surface area (Å²) in [6.45, 7) is 4.12. The number of hydrogen-bond donors (Lipinski definition) is 1. The van der Waals surface area contributed by atoms with Crippen LogP contribution in [0, 0.1) is 22.6 Å². The number of nitrogens with zero attached hydrogens (tertiary/aromatic N) is 4. The molecule has 2 aromatic heterocycles. The molecule has 10 nitrogen and oxygen atoms in total. The van der Waals surface area contributed by atoms with E-state index < -0.39 is 74.6 Å². The highest BCUT2D eigenvalue weighted by Gasteiger charge is 2.57. The minimum absolute atomic E-state index is 0.0145. The number of aliphatic carboxylic acids is 1. The first kappa shape index (κ1) is 43.2. The Morgan fingerprint density at radius 1 is 1.04 bits per heavy atom. The van der Waals surface area contributed by atoms with Crippen LogP contribution in [0.2, 0.25) is 0 Å². The minimum atomic E-state index is -4.95. The molecule has 0 spiro atoms. The molecule has 3 aromatic rings. The lowest BCUT2D eigenvalue weighted by atomic mass is 9.72. The summed E-state index contributed by atoms with van der Waals surface area (Å²) < 4.78 is 111. The number of aromatic nitrogens is 1. The van der Waals surface area contributed by atoms with Crippen LogP contribution < -0.4 is 9.47 Å². The van der Waals surface area contributed by atoms with Crippen LogP contribution in [0.1, 0.15) is 92.2 Å². The molecule has 308 valence electrons. The topological polar surface area (TPSA) is 133 Å². The number of carboxylic acid groups (broad SMARTS) is 1. The summed E-state index contributed by atoms with van der Waals surface area (Å²) in [5.74, 6) is -4.30. The molecule has 2 saturated heterocycles. The third kappa shape index (κ3) is 8.82. The van der Waals surface area contributed by atoms with Crippen molar-refractivity contribution in [1.82, 2.24) is 14.8 Å². The monoisotopic (exact) mass is 826 g/mol. The number of pyridine rings is 1. The van der Waals surface area contributed by atoms with E-state index in [1.807, 2.05) is 0 Å². The van der Waals surface area contributed by atoms with Crippen LogP contribution in [0.25, 0.3) is 0 Å². The number of halogens is 7. The van der Waals surface area contributed by atoms with Gasteiger partial charge in [0.05, 0.1) is 35.1 Å². The van der Waals surface area contributed by atoms with Gasteiger partial charge in [-0.15, -0.1) is 11.3 Å². The van der Waals surface area contributed by atoms with Crippen LogP contribution in [0.4, 0.5) is 30.7 Å². The average molecular weight is 827 g/mol. The molecule has 2 atom stereocenters. The average Bonchev–Trinajstić information content (AvgIpc) is 3.64. The molecule has 57 heavy (non-hydrogen) atoms. The summed E-state index contributed by atoms with van der Waals surface area (Å²) in [4.78, 5) is 45.8. The summed E-state index contributed by atoms with van der Waals surface area (Å²) >= 11 is 0.327. The van der Waals surface area contributed by atoms with Gasteiger partial charge in [0.2, 0.25) is 5.60 Å². The number of ether oxygens (including phenoxy) is 2. The van der Waals surface area contributed by atoms with Gasteiger partial charge in [-0.2, -0.15) is 31.6 Å². The van der Waals surface area contributed by atoms with Gasteiger partial charge < -0.3 is 24.4 Å². The van der Waals surface area contributed by atoms with E-state index in [0.717, 1.165) is 34.7 Å². The fraction of sp³-hybridized carbons (Fsp3) is 0.513. The first-order chi connectivity index (χ1) is 26.7. The molecular formula is C39H41F7N4O6S. The Labute approximate surface area is 328 Å². The van der Waals surface area contributed by atoms with E-state index in [4.69, 9.17) is 9.47 Å². The summed E-state index contributed by atoms with van der Waals surface area (Å²) in [6.07, 6.45) is -8.55. The first-order valence-corrected chi connectivity index (χ1v) is 19.1. The van der Waals surface area contributed by atoms with Crippen molar-refractivity contribution in [2.24, 2.45) is 5.41 Å². The quantitative estimate of drug-likeness (QED) is 0.180. The number of piperidine rings is 2. The molecule has 0 bridgehead atoms. The smallest absolute Gasteiger partial charge is 0.425 e. The van der Waals surface area contributed by atoms with Crippen LogP contribution in [-0.4, -0.2) is 75.6 Å². The highest BCUT2D eigenvalue weighted by Crippen LogP contribution is 2.45. The second kappa shape index (κ2) is 16.5. The van der Waals surface area contributed by atoms with E-state index in [9.17, 15) is 51.1 Å². The Balaban J connectivity index is 1.51. The predicted molar refractivity (Wildman–Crippen MR) is 192 cm³/mol. The van der Waals surface area contributed by atoms with Gasteiger partial charge in [0, 0.05) is 49.3 Å². The van der Waals surface area contributed by atoms with Crippen LogP contribution in [0.15, 0.2) is 48.0 Å². The summed E-state index contributed by atoms with van der Waals surface area (Å²) in [6, 6.07) is 7.49. The molecule has 2 aliphatic heterocycles. The maximum absolute atomic E-state index is 15.3. The number of amides is 2. The molecule has 0 saturated carbocycles. The molecular weight excluding hydrogens is 786 g/mol. The molecule has 2 aliphatic rings. The number of rotatable bonds is 12. The Hall–Kier alpha value is -4.92. The number of carbonyl (C=O) groups excluding carboxylic acids is 2. The normalized spacial score (nSPS) is 20.1. The molecule has 2 unspecified atom stereocenters. The van der Waals surface area contributed by atoms with Crippen molar-refractivity contribution in [1.29, 1.82) is 5.26 Å². The van der Waals surface area contributed by atoms with Gasteiger partial charge in [-0.05, 0) is 64.2 Å². The van der Waals surface area contributed by atoms with Crippen molar-refractivity contribution in [3.8, 4) is 17.6 Å². The zero-order valence-electron chi connectivity index (χ0n) is 31.3. The summed E-state index contributed by atoms with van der Waals surface area (Å²) in [5, 5.41) is 21.1. The molecule has 5 rings (SSSR count). The lowest BCUT2D eigenvalue weighted by Crippen LogP contribution is -2.68. The SMILES string of the molecule is CCCC1N(C(=O)c2ncccc2C(F)(F)F)CCCC1(Oc1csc(C(F)(F)F)c1)C(=O)N1CCC(C#N)(c2cccc(F)c2OCCC(C)(C)C(=O)O)CC1. The second-order valence-electron chi connectivity index (χ2n) is 14.8. The number of para-hydroxylation sites is 1. The largest absolute Gasteiger partial charge is 0.490 e. The number of thiophene rings is 1. The predicted octanol–water partition coefficient (Wildman–Crippen LogP) is 8.51. The standard InChI is InChI=1S/C39H41F7N4O6S/c1-4-8-28-37(56-24-21-29(57-22-24)39(44,45)46,12-7-17-50(28)32(51)30-25(38(41,42)43)10-6-16-48-30)33(52)49-18-13-36(23-47,14-19-49)26-9-5-11-27(40)31(26)55-20-15-35(2,3)34(53)54/h5-6,9-11,16,21-22,28H,4,7-8,12-15,17-20H2,1-3H3,(H,53,54). The third-order valence-corrected chi connectivity index (χ3v) is 11.6. The van der Waals surface area contributed by atoms with Crippen LogP contribution in [0.3, 0.4) is 0 Å². The van der Waals surface area contributed by atoms with Gasteiger partial charge in [-0.3, -0.25) is 19.4 Å². The molecule has 2 fully saturated rings. The Kier molecular flexibility index (Phi) is 12.5. The molecule has 0 radical (unpaired) electrons. The number of benzene rings is 1. The van der Waals surface area contributed by atoms with Gasteiger partial charge in [0.25, 0.3) is 11.8 Å².